The topological polar surface area (TPSA) is 96.0 Å². The molecule has 0 fully saturated rings. The Bertz CT molecular complexity index is 1070. The van der Waals surface area contributed by atoms with Gasteiger partial charge in [0.05, 0.1) is 19.1 Å². The number of carbonyl (C=O) groups excluding carboxylic acids is 2. The fraction of sp³-hybridized carbons (Fsp3) is 0.417. The van der Waals surface area contributed by atoms with E-state index in [4.69, 9.17) is 4.74 Å². The molecule has 0 bridgehead atoms. The van der Waals surface area contributed by atoms with E-state index < -0.39 is 28.5 Å². The Kier molecular flexibility index (Phi) is 8.87. The van der Waals surface area contributed by atoms with Crippen molar-refractivity contribution in [1.29, 1.82) is 0 Å². The zero-order valence-electron chi connectivity index (χ0n) is 20.0. The van der Waals surface area contributed by atoms with Gasteiger partial charge in [-0.1, -0.05) is 24.3 Å². The summed E-state index contributed by atoms with van der Waals surface area (Å²) in [6, 6.07) is 13.2. The molecule has 0 aliphatic heterocycles. The molecule has 2 aromatic rings. The zero-order valence-corrected chi connectivity index (χ0v) is 20.8. The summed E-state index contributed by atoms with van der Waals surface area (Å²) in [7, 11) is -2.18. The van der Waals surface area contributed by atoms with Gasteiger partial charge in [0, 0.05) is 12.6 Å². The van der Waals surface area contributed by atoms with Gasteiger partial charge in [-0.3, -0.25) is 13.9 Å². The molecular formula is C24H33N3O5S. The van der Waals surface area contributed by atoms with E-state index in [0.717, 1.165) is 21.7 Å². The Balaban J connectivity index is 2.38. The molecule has 0 heterocycles. The third kappa shape index (κ3) is 7.49. The van der Waals surface area contributed by atoms with Crippen LogP contribution < -0.4 is 14.4 Å². The van der Waals surface area contributed by atoms with E-state index in [0.29, 0.717) is 11.4 Å². The first-order valence-corrected chi connectivity index (χ1v) is 12.5. The van der Waals surface area contributed by atoms with Gasteiger partial charge in [-0.15, -0.1) is 0 Å². The number of benzene rings is 2. The first kappa shape index (κ1) is 26.2. The predicted octanol–water partition coefficient (Wildman–Crippen LogP) is 2.71. The number of hydrogen-bond donors (Lipinski definition) is 1. The number of nitrogens with one attached hydrogen (secondary N) is 1. The molecule has 9 heteroatoms. The van der Waals surface area contributed by atoms with Crippen LogP contribution in [0.5, 0.6) is 5.75 Å². The second-order valence-corrected chi connectivity index (χ2v) is 10.2. The summed E-state index contributed by atoms with van der Waals surface area (Å²) in [5.41, 5.74) is 2.05. The molecule has 0 radical (unpaired) electrons. The van der Waals surface area contributed by atoms with Gasteiger partial charge in [0.25, 0.3) is 0 Å². The minimum atomic E-state index is -3.74. The Labute approximate surface area is 196 Å². The SMILES string of the molecule is COc1ccc(CN(C(=O)CN(c2cccc(C)c2)S(C)(=O)=O)[C@H](C)C(=O)NC(C)C)cc1. The molecule has 0 saturated heterocycles. The van der Waals surface area contributed by atoms with Crippen molar-refractivity contribution in [2.24, 2.45) is 0 Å². The van der Waals surface area contributed by atoms with Crippen molar-refractivity contribution in [3.05, 3.63) is 59.7 Å². The maximum absolute atomic E-state index is 13.4. The van der Waals surface area contributed by atoms with Gasteiger partial charge in [-0.2, -0.15) is 0 Å². The maximum atomic E-state index is 13.4. The fourth-order valence-corrected chi connectivity index (χ4v) is 4.15. The quantitative estimate of drug-likeness (QED) is 0.570. The van der Waals surface area contributed by atoms with Crippen molar-refractivity contribution < 1.29 is 22.7 Å². The number of ether oxygens (including phenoxy) is 1. The van der Waals surface area contributed by atoms with Crippen molar-refractivity contribution in [3.63, 3.8) is 0 Å². The highest BCUT2D eigenvalue weighted by atomic mass is 32.2. The van der Waals surface area contributed by atoms with Gasteiger partial charge in [0.2, 0.25) is 21.8 Å². The number of sulfonamides is 1. The van der Waals surface area contributed by atoms with Crippen LogP contribution in [0, 0.1) is 6.92 Å². The molecule has 180 valence electrons. The molecule has 33 heavy (non-hydrogen) atoms. The van der Waals surface area contributed by atoms with E-state index in [1.54, 1.807) is 56.5 Å². The third-order valence-electron chi connectivity index (χ3n) is 5.08. The van der Waals surface area contributed by atoms with Crippen molar-refractivity contribution >= 4 is 27.5 Å². The van der Waals surface area contributed by atoms with Gasteiger partial charge in [-0.05, 0) is 63.1 Å². The number of hydrogen-bond acceptors (Lipinski definition) is 5. The summed E-state index contributed by atoms with van der Waals surface area (Å²) in [6.45, 7) is 6.88. The van der Waals surface area contributed by atoms with Crippen LogP contribution in [0.2, 0.25) is 0 Å². The van der Waals surface area contributed by atoms with Crippen molar-refractivity contribution in [2.45, 2.75) is 46.3 Å². The van der Waals surface area contributed by atoms with Crippen LogP contribution in [0.3, 0.4) is 0 Å². The fourth-order valence-electron chi connectivity index (χ4n) is 3.31. The number of rotatable bonds is 10. The van der Waals surface area contributed by atoms with Crippen molar-refractivity contribution in [3.8, 4) is 5.75 Å². The number of anilines is 1. The maximum Gasteiger partial charge on any atom is 0.244 e. The number of carbonyl (C=O) groups is 2. The smallest absolute Gasteiger partial charge is 0.244 e. The largest absolute Gasteiger partial charge is 0.497 e. The monoisotopic (exact) mass is 475 g/mol. The van der Waals surface area contributed by atoms with Crippen LogP contribution >= 0.6 is 0 Å². The van der Waals surface area contributed by atoms with Crippen molar-refractivity contribution in [1.82, 2.24) is 10.2 Å². The van der Waals surface area contributed by atoms with Crippen LogP contribution in [0.25, 0.3) is 0 Å². The molecule has 0 aliphatic rings. The standard InChI is InChI=1S/C24H33N3O5S/c1-17(2)25-24(29)19(4)26(15-20-10-12-22(32-5)13-11-20)23(28)16-27(33(6,30)31)21-9-7-8-18(3)14-21/h7-14,17,19H,15-16H2,1-6H3,(H,25,29)/t19-/m1/s1. The zero-order chi connectivity index (χ0) is 24.8. The summed E-state index contributed by atoms with van der Waals surface area (Å²) in [6.07, 6.45) is 1.06. The molecule has 0 saturated carbocycles. The Hall–Kier alpha value is -3.07. The third-order valence-corrected chi connectivity index (χ3v) is 6.22. The average molecular weight is 476 g/mol. The lowest BCUT2D eigenvalue weighted by Gasteiger charge is -2.32. The summed E-state index contributed by atoms with van der Waals surface area (Å²) >= 11 is 0. The van der Waals surface area contributed by atoms with E-state index in [-0.39, 0.29) is 18.5 Å². The minimum absolute atomic E-state index is 0.0994. The van der Waals surface area contributed by atoms with E-state index in [1.165, 1.54) is 4.90 Å². The predicted molar refractivity (Wildman–Crippen MR) is 130 cm³/mol. The lowest BCUT2D eigenvalue weighted by Crippen LogP contribution is -2.52. The molecule has 1 atom stereocenters. The van der Waals surface area contributed by atoms with Gasteiger partial charge < -0.3 is 15.0 Å². The van der Waals surface area contributed by atoms with Gasteiger partial charge >= 0.3 is 0 Å². The summed E-state index contributed by atoms with van der Waals surface area (Å²) in [4.78, 5) is 27.6. The van der Waals surface area contributed by atoms with Crippen LogP contribution in [0.1, 0.15) is 31.9 Å². The molecule has 1 N–H and O–H groups in total. The minimum Gasteiger partial charge on any atom is -0.497 e. The number of methoxy groups -OCH3 is 1. The van der Waals surface area contributed by atoms with Gasteiger partial charge in [0.1, 0.15) is 18.3 Å². The molecule has 2 aromatic carbocycles. The summed E-state index contributed by atoms with van der Waals surface area (Å²) in [5.74, 6) is -0.123. The highest BCUT2D eigenvalue weighted by molar-refractivity contribution is 7.92. The number of aryl methyl sites for hydroxylation is 1. The summed E-state index contributed by atoms with van der Waals surface area (Å²) < 4.78 is 31.3. The Morgan fingerprint density at radius 3 is 2.21 bits per heavy atom. The molecule has 0 spiro atoms. The van der Waals surface area contributed by atoms with E-state index in [9.17, 15) is 18.0 Å². The number of amides is 2. The van der Waals surface area contributed by atoms with Gasteiger partial charge in [-0.25, -0.2) is 8.42 Å². The lowest BCUT2D eigenvalue weighted by molar-refractivity contribution is -0.139. The van der Waals surface area contributed by atoms with E-state index >= 15 is 0 Å². The summed E-state index contributed by atoms with van der Waals surface area (Å²) in [5, 5.41) is 2.82. The second-order valence-electron chi connectivity index (χ2n) is 8.32. The van der Waals surface area contributed by atoms with Crippen LogP contribution in [0.4, 0.5) is 5.69 Å². The lowest BCUT2D eigenvalue weighted by atomic mass is 10.1. The molecular weight excluding hydrogens is 442 g/mol. The Morgan fingerprint density at radius 1 is 1.06 bits per heavy atom. The molecule has 0 aromatic heterocycles. The van der Waals surface area contributed by atoms with Crippen LogP contribution in [-0.4, -0.2) is 57.1 Å². The molecule has 8 nitrogen and oxygen atoms in total. The van der Waals surface area contributed by atoms with Gasteiger partial charge in [0.15, 0.2) is 0 Å². The van der Waals surface area contributed by atoms with Crippen molar-refractivity contribution in [2.75, 3.05) is 24.2 Å². The number of nitrogens with zero attached hydrogens (tertiary/aromatic N) is 2. The normalized spacial score (nSPS) is 12.2. The molecule has 0 unspecified atom stereocenters. The second kappa shape index (κ2) is 11.2. The molecule has 0 aliphatic carbocycles. The van der Waals surface area contributed by atoms with Crippen LogP contribution in [-0.2, 0) is 26.2 Å². The molecule has 2 amide bonds. The Morgan fingerprint density at radius 2 is 1.70 bits per heavy atom. The van der Waals surface area contributed by atoms with E-state index in [1.807, 2.05) is 26.8 Å². The molecule has 2 rings (SSSR count). The van der Waals surface area contributed by atoms with E-state index in [2.05, 4.69) is 5.32 Å². The average Bonchev–Trinajstić information content (AvgIpc) is 2.74. The highest BCUT2D eigenvalue weighted by Gasteiger charge is 2.30. The first-order valence-electron chi connectivity index (χ1n) is 10.7. The highest BCUT2D eigenvalue weighted by Crippen LogP contribution is 2.21. The van der Waals surface area contributed by atoms with Crippen LogP contribution in [0.15, 0.2) is 48.5 Å². The first-order chi connectivity index (χ1) is 15.4.